The molecule has 7 rings (SSSR count). The summed E-state index contributed by atoms with van der Waals surface area (Å²) in [7, 11) is 0. The normalized spacial score (nSPS) is 20.5. The fourth-order valence-electron chi connectivity index (χ4n) is 8.24. The van der Waals surface area contributed by atoms with Crippen LogP contribution >= 0.6 is 0 Å². The van der Waals surface area contributed by atoms with Crippen molar-refractivity contribution in [1.29, 1.82) is 0 Å². The van der Waals surface area contributed by atoms with Crippen LogP contribution in [0.4, 0.5) is 17.2 Å². The number of benzene rings is 4. The molecule has 0 fully saturated rings. The van der Waals surface area contributed by atoms with Crippen LogP contribution in [0.5, 0.6) is 11.5 Å². The van der Waals surface area contributed by atoms with Gasteiger partial charge in [0.05, 0.1) is 11.4 Å². The quantitative estimate of drug-likeness (QED) is 0.174. The van der Waals surface area contributed by atoms with E-state index < -0.39 is 11.1 Å². The highest BCUT2D eigenvalue weighted by Crippen LogP contribution is 2.54. The van der Waals surface area contributed by atoms with Gasteiger partial charge >= 0.3 is 0 Å². The topological polar surface area (TPSA) is 47.0 Å². The monoisotopic (exact) mass is 733 g/mol. The van der Waals surface area contributed by atoms with Gasteiger partial charge in [-0.05, 0) is 120 Å². The Morgan fingerprint density at radius 3 is 2.04 bits per heavy atom. The van der Waals surface area contributed by atoms with Crippen molar-refractivity contribution < 1.29 is 9.47 Å². The lowest BCUT2D eigenvalue weighted by atomic mass is 9.72. The number of hydrogen-bond donors (Lipinski definition) is 0. The predicted molar refractivity (Wildman–Crippen MR) is 229 cm³/mol. The molecule has 0 radical (unpaired) electrons. The molecule has 2 aliphatic rings. The molecule has 1 aromatic heterocycles. The number of anilines is 3. The number of rotatable bonds is 6. The Morgan fingerprint density at radius 1 is 0.709 bits per heavy atom. The van der Waals surface area contributed by atoms with Crippen molar-refractivity contribution >= 4 is 23.1 Å². The zero-order chi connectivity index (χ0) is 39.9. The van der Waals surface area contributed by atoms with Crippen LogP contribution in [0, 0.1) is 19.8 Å². The van der Waals surface area contributed by atoms with E-state index >= 15 is 0 Å². The van der Waals surface area contributed by atoms with Crippen molar-refractivity contribution in [3.05, 3.63) is 142 Å². The smallest absolute Gasteiger partial charge is 0.217 e. The summed E-state index contributed by atoms with van der Waals surface area (Å²) in [6.45, 7) is 31.3. The zero-order valence-corrected chi connectivity index (χ0v) is 35.5. The molecule has 0 bridgehead atoms. The maximum absolute atomic E-state index is 7.03. The number of hydrogen-bond acceptors (Lipinski definition) is 5. The highest BCUT2D eigenvalue weighted by molar-refractivity contribution is 5.97. The Balaban J connectivity index is 1.37. The molecule has 0 saturated heterocycles. The third-order valence-electron chi connectivity index (χ3n) is 12.4. The van der Waals surface area contributed by atoms with Gasteiger partial charge in [0, 0.05) is 23.2 Å². The standard InChI is InChI=1S/C50H59N3O2/c1-31(2)49(13)50(14,35-18-16-15-17-19-35)55-45(52-49)34-26-37(47(8,9)10)28-38(27-34)54-43-30-42-40(25-33(43)4)48(11,12)39-24-32(3)20-21-41(39)53(42)44-29-36(22-23-51-44)46(5,6)7/h15-31H,1-14H3/t49-,50-/m1/s1. The third-order valence-corrected chi connectivity index (χ3v) is 12.4. The first-order valence-electron chi connectivity index (χ1n) is 19.8. The minimum absolute atomic E-state index is 0.0263. The molecule has 4 aromatic carbocycles. The molecule has 2 aliphatic heterocycles. The van der Waals surface area contributed by atoms with Gasteiger partial charge in [-0.25, -0.2) is 9.98 Å². The second-order valence-electron chi connectivity index (χ2n) is 19.1. The second-order valence-corrected chi connectivity index (χ2v) is 19.1. The largest absolute Gasteiger partial charge is 0.464 e. The molecular formula is C50H59N3O2. The Labute approximate surface area is 329 Å². The summed E-state index contributed by atoms with van der Waals surface area (Å²) < 4.78 is 14.0. The number of ether oxygens (including phenoxy) is 2. The molecular weight excluding hydrogens is 675 g/mol. The number of aryl methyl sites for hydroxylation is 2. The molecule has 0 spiro atoms. The molecule has 2 atom stereocenters. The Hall–Kier alpha value is -4.90. The first-order chi connectivity index (χ1) is 25.6. The van der Waals surface area contributed by atoms with Crippen molar-refractivity contribution in [2.24, 2.45) is 10.9 Å². The lowest BCUT2D eigenvalue weighted by molar-refractivity contribution is 0.00857. The van der Waals surface area contributed by atoms with Crippen molar-refractivity contribution in [2.75, 3.05) is 4.90 Å². The molecule has 5 nitrogen and oxygen atoms in total. The van der Waals surface area contributed by atoms with Crippen molar-refractivity contribution in [2.45, 2.75) is 124 Å². The Morgan fingerprint density at radius 2 is 1.38 bits per heavy atom. The molecule has 0 saturated carbocycles. The van der Waals surface area contributed by atoms with Crippen LogP contribution in [0.25, 0.3) is 0 Å². The first kappa shape index (κ1) is 38.4. The van der Waals surface area contributed by atoms with Crippen LogP contribution in [0.1, 0.15) is 128 Å². The number of nitrogens with zero attached hydrogens (tertiary/aromatic N) is 3. The average molecular weight is 734 g/mol. The lowest BCUT2D eigenvalue weighted by Gasteiger charge is -2.42. The van der Waals surface area contributed by atoms with Gasteiger partial charge in [-0.15, -0.1) is 0 Å². The van der Waals surface area contributed by atoms with E-state index in [0.29, 0.717) is 5.90 Å². The summed E-state index contributed by atoms with van der Waals surface area (Å²) in [5, 5.41) is 0. The summed E-state index contributed by atoms with van der Waals surface area (Å²) in [4.78, 5) is 12.7. The maximum Gasteiger partial charge on any atom is 0.217 e. The Bertz CT molecular complexity index is 2310. The van der Waals surface area contributed by atoms with Gasteiger partial charge < -0.3 is 9.47 Å². The minimum Gasteiger partial charge on any atom is -0.464 e. The molecule has 286 valence electrons. The fourth-order valence-corrected chi connectivity index (χ4v) is 8.24. The van der Waals surface area contributed by atoms with Crippen molar-refractivity contribution in [1.82, 2.24) is 4.98 Å². The highest BCUT2D eigenvalue weighted by atomic mass is 16.5. The van der Waals surface area contributed by atoms with Gasteiger partial charge in [-0.3, -0.25) is 4.90 Å². The van der Waals surface area contributed by atoms with Crippen LogP contribution in [0.15, 0.2) is 102 Å². The summed E-state index contributed by atoms with van der Waals surface area (Å²) >= 11 is 0. The van der Waals surface area contributed by atoms with Gasteiger partial charge in [0.2, 0.25) is 5.90 Å². The Kier molecular flexibility index (Phi) is 9.15. The van der Waals surface area contributed by atoms with E-state index in [4.69, 9.17) is 19.5 Å². The van der Waals surface area contributed by atoms with Crippen LogP contribution < -0.4 is 9.64 Å². The van der Waals surface area contributed by atoms with E-state index in [-0.39, 0.29) is 22.2 Å². The highest BCUT2D eigenvalue weighted by Gasteiger charge is 2.55. The average Bonchev–Trinajstić information content (AvgIpc) is 3.41. The van der Waals surface area contributed by atoms with Crippen LogP contribution in [-0.2, 0) is 26.6 Å². The predicted octanol–water partition coefficient (Wildman–Crippen LogP) is 13.3. The number of aromatic nitrogens is 1. The van der Waals surface area contributed by atoms with E-state index in [0.717, 1.165) is 50.9 Å². The van der Waals surface area contributed by atoms with E-state index in [1.807, 2.05) is 6.20 Å². The number of fused-ring (bicyclic) bond motifs is 2. The minimum atomic E-state index is -0.644. The van der Waals surface area contributed by atoms with Gasteiger partial charge in [-0.1, -0.05) is 117 Å². The zero-order valence-electron chi connectivity index (χ0n) is 35.5. The summed E-state index contributed by atoms with van der Waals surface area (Å²) in [5.41, 5.74) is 9.92. The van der Waals surface area contributed by atoms with Gasteiger partial charge in [-0.2, -0.15) is 0 Å². The number of pyridine rings is 1. The number of aliphatic imine (C=N–C) groups is 1. The second kappa shape index (κ2) is 13.1. The molecule has 5 aromatic rings. The van der Waals surface area contributed by atoms with Crippen LogP contribution in [0.3, 0.4) is 0 Å². The third kappa shape index (κ3) is 6.54. The first-order valence-corrected chi connectivity index (χ1v) is 19.8. The van der Waals surface area contributed by atoms with Crippen LogP contribution in [0.2, 0.25) is 0 Å². The summed E-state index contributed by atoms with van der Waals surface area (Å²) in [6, 6.07) is 32.7. The SMILES string of the molecule is Cc1ccc2c(c1)C(C)(C)c1cc(C)c(Oc3cc(C4=N[C@](C)(C(C)C)[C@@](C)(c5ccccc5)O4)cc(C(C)(C)C)c3)cc1N2c1cc(C(C)(C)C)ccn1. The summed E-state index contributed by atoms with van der Waals surface area (Å²) in [6.07, 6.45) is 1.94. The van der Waals surface area contributed by atoms with E-state index in [1.165, 1.54) is 22.3 Å². The molecule has 0 N–H and O–H groups in total. The molecule has 0 amide bonds. The molecule has 3 heterocycles. The maximum atomic E-state index is 7.03. The fraction of sp³-hybridized carbons (Fsp3) is 0.400. The van der Waals surface area contributed by atoms with Gasteiger partial charge in [0.1, 0.15) is 22.9 Å². The van der Waals surface area contributed by atoms with Gasteiger partial charge in [0.25, 0.3) is 0 Å². The van der Waals surface area contributed by atoms with Crippen LogP contribution in [-0.4, -0.2) is 16.4 Å². The van der Waals surface area contributed by atoms with E-state index in [1.54, 1.807) is 0 Å². The molecule has 0 aliphatic carbocycles. The van der Waals surface area contributed by atoms with Gasteiger partial charge in [0.15, 0.2) is 5.60 Å². The van der Waals surface area contributed by atoms with E-state index in [9.17, 15) is 0 Å². The van der Waals surface area contributed by atoms with E-state index in [2.05, 4.69) is 193 Å². The van der Waals surface area contributed by atoms with Crippen molar-refractivity contribution in [3.8, 4) is 11.5 Å². The lowest BCUT2D eigenvalue weighted by Crippen LogP contribution is -2.47. The molecule has 55 heavy (non-hydrogen) atoms. The summed E-state index contributed by atoms with van der Waals surface area (Å²) in [5.74, 6) is 3.32. The van der Waals surface area contributed by atoms with Crippen molar-refractivity contribution in [3.63, 3.8) is 0 Å². The molecule has 0 unspecified atom stereocenters. The molecule has 5 heteroatoms.